The molecule has 1 spiro atoms. The number of carbonyl (C=O) groups is 2. The third kappa shape index (κ3) is 8.24. The van der Waals surface area contributed by atoms with E-state index in [0.717, 1.165) is 28.8 Å². The molecule has 0 bridgehead atoms. The van der Waals surface area contributed by atoms with Crippen LogP contribution in [0.4, 0.5) is 13.2 Å². The number of esters is 1. The van der Waals surface area contributed by atoms with E-state index in [9.17, 15) is 31.2 Å². The number of piperidine rings is 1. The molecule has 2 aliphatic rings. The second-order valence-electron chi connectivity index (χ2n) is 13.1. The largest absolute Gasteiger partial charge is 0.489 e. The zero-order valence-corrected chi connectivity index (χ0v) is 28.0. The first kappa shape index (κ1) is 35.1. The van der Waals surface area contributed by atoms with Crippen LogP contribution < -0.4 is 10.1 Å². The Morgan fingerprint density at radius 1 is 1.00 bits per heavy atom. The number of halogens is 3. The fourth-order valence-corrected chi connectivity index (χ4v) is 7.13. The molecular weight excluding hydrogens is 647 g/mol. The Balaban J connectivity index is 1.26. The second kappa shape index (κ2) is 13.3. The van der Waals surface area contributed by atoms with E-state index in [4.69, 9.17) is 9.47 Å². The van der Waals surface area contributed by atoms with Gasteiger partial charge in [-0.3, -0.25) is 9.79 Å². The quantitative estimate of drug-likeness (QED) is 0.284. The van der Waals surface area contributed by atoms with Crippen molar-refractivity contribution >= 4 is 27.7 Å². The van der Waals surface area contributed by atoms with Gasteiger partial charge in [-0.15, -0.1) is 0 Å². The highest BCUT2D eigenvalue weighted by atomic mass is 32.2. The van der Waals surface area contributed by atoms with Crippen LogP contribution in [-0.2, 0) is 38.8 Å². The molecular formula is C35H38F3N3O6S. The number of hydrogen-bond donors (Lipinski definition) is 1. The van der Waals surface area contributed by atoms with E-state index in [2.05, 4.69) is 10.3 Å². The molecule has 0 radical (unpaired) electrons. The minimum absolute atomic E-state index is 0.0164. The van der Waals surface area contributed by atoms with Crippen molar-refractivity contribution in [1.29, 1.82) is 0 Å². The van der Waals surface area contributed by atoms with Gasteiger partial charge in [0.2, 0.25) is 10.0 Å². The molecule has 0 aliphatic carbocycles. The number of benzene rings is 3. The maximum absolute atomic E-state index is 13.8. The lowest BCUT2D eigenvalue weighted by Gasteiger charge is -2.34. The van der Waals surface area contributed by atoms with Crippen LogP contribution in [0.25, 0.3) is 0 Å². The molecule has 13 heteroatoms. The van der Waals surface area contributed by atoms with Gasteiger partial charge in [0, 0.05) is 18.7 Å². The number of rotatable bonds is 9. The predicted octanol–water partition coefficient (Wildman–Crippen LogP) is 5.83. The molecule has 1 amide bonds. The minimum atomic E-state index is -4.67. The number of amidine groups is 1. The molecule has 2 aliphatic heterocycles. The lowest BCUT2D eigenvalue weighted by molar-refractivity contribution is -0.137. The standard InChI is InChI=1S/C35H38F3N3O6S/c1-23-18-26(31(42)47-33(2,3)4)11-10-25(23)12-17-48(44,45)41-15-13-34(14-16-41)32(43)39-30(40-34)27-19-28(35(36,37)38)21-29(20-27)46-22-24-8-6-5-7-9-24/h5-11,18-21H,12-17,22H2,1-4H3,(H,39,40,43). The third-order valence-corrected chi connectivity index (χ3v) is 10.2. The minimum Gasteiger partial charge on any atom is -0.489 e. The third-order valence-electron chi connectivity index (χ3n) is 8.29. The highest BCUT2D eigenvalue weighted by Gasteiger charge is 2.47. The molecule has 0 atom stereocenters. The van der Waals surface area contributed by atoms with Gasteiger partial charge in [-0.05, 0) is 94.0 Å². The summed E-state index contributed by atoms with van der Waals surface area (Å²) in [4.78, 5) is 30.2. The number of amides is 1. The number of aliphatic imine (C=N–C) groups is 1. The van der Waals surface area contributed by atoms with E-state index in [1.165, 1.54) is 10.4 Å². The van der Waals surface area contributed by atoms with Crippen LogP contribution in [0.1, 0.15) is 71.8 Å². The predicted molar refractivity (Wildman–Crippen MR) is 174 cm³/mol. The summed E-state index contributed by atoms with van der Waals surface area (Å²) >= 11 is 0. The molecule has 5 rings (SSSR count). The van der Waals surface area contributed by atoms with E-state index in [1.807, 2.05) is 6.07 Å². The number of aryl methyl sites for hydroxylation is 2. The normalized spacial score (nSPS) is 16.8. The number of nitrogens with one attached hydrogen (secondary N) is 1. The first-order valence-corrected chi connectivity index (χ1v) is 17.2. The van der Waals surface area contributed by atoms with Crippen molar-refractivity contribution in [3.05, 3.63) is 100 Å². The van der Waals surface area contributed by atoms with Crippen LogP contribution >= 0.6 is 0 Å². The molecule has 0 saturated carbocycles. The number of nitrogens with zero attached hydrogens (tertiary/aromatic N) is 2. The Bertz CT molecular complexity index is 1830. The molecule has 0 unspecified atom stereocenters. The zero-order chi connectivity index (χ0) is 34.9. The van der Waals surface area contributed by atoms with Gasteiger partial charge < -0.3 is 14.8 Å². The molecule has 3 aromatic carbocycles. The first-order valence-electron chi connectivity index (χ1n) is 15.6. The van der Waals surface area contributed by atoms with Gasteiger partial charge in [0.15, 0.2) is 0 Å². The van der Waals surface area contributed by atoms with Crippen LogP contribution in [0.5, 0.6) is 5.75 Å². The van der Waals surface area contributed by atoms with E-state index < -0.39 is 44.8 Å². The summed E-state index contributed by atoms with van der Waals surface area (Å²) in [6.45, 7) is 7.23. The monoisotopic (exact) mass is 685 g/mol. The van der Waals surface area contributed by atoms with E-state index in [1.54, 1.807) is 70.2 Å². The summed E-state index contributed by atoms with van der Waals surface area (Å²) in [7, 11) is -3.72. The average Bonchev–Trinajstić information content (AvgIpc) is 3.33. The van der Waals surface area contributed by atoms with E-state index in [0.29, 0.717) is 5.56 Å². The van der Waals surface area contributed by atoms with Crippen molar-refractivity contribution in [2.45, 2.75) is 70.9 Å². The summed E-state index contributed by atoms with van der Waals surface area (Å²) in [5.74, 6) is -1.17. The summed E-state index contributed by atoms with van der Waals surface area (Å²) in [6, 6.07) is 17.2. The molecule has 48 heavy (non-hydrogen) atoms. The van der Waals surface area contributed by atoms with Crippen molar-refractivity contribution in [1.82, 2.24) is 9.62 Å². The molecule has 256 valence electrons. The molecule has 0 aromatic heterocycles. The topological polar surface area (TPSA) is 114 Å². The smallest absolute Gasteiger partial charge is 0.416 e. The highest BCUT2D eigenvalue weighted by Crippen LogP contribution is 2.36. The lowest BCUT2D eigenvalue weighted by atomic mass is 9.89. The number of sulfonamides is 1. The van der Waals surface area contributed by atoms with Gasteiger partial charge in [-0.2, -0.15) is 13.2 Å². The van der Waals surface area contributed by atoms with Crippen molar-refractivity contribution in [2.75, 3.05) is 18.8 Å². The van der Waals surface area contributed by atoms with E-state index >= 15 is 0 Å². The summed E-state index contributed by atoms with van der Waals surface area (Å²) in [5, 5.41) is 2.63. The number of alkyl halides is 3. The highest BCUT2D eigenvalue weighted by molar-refractivity contribution is 7.89. The Kier molecular flexibility index (Phi) is 9.76. The molecule has 1 N–H and O–H groups in total. The van der Waals surface area contributed by atoms with E-state index in [-0.39, 0.29) is 61.9 Å². The first-order chi connectivity index (χ1) is 22.4. The van der Waals surface area contributed by atoms with Crippen molar-refractivity contribution in [3.8, 4) is 5.75 Å². The Morgan fingerprint density at radius 3 is 2.31 bits per heavy atom. The summed E-state index contributed by atoms with van der Waals surface area (Å²) < 4.78 is 80.4. The van der Waals surface area contributed by atoms with Crippen molar-refractivity contribution in [3.63, 3.8) is 0 Å². The SMILES string of the molecule is Cc1cc(C(=O)OC(C)(C)C)ccc1CCS(=O)(=O)N1CCC2(CC1)N=C(c1cc(OCc3ccccc3)cc(C(F)(F)F)c1)NC2=O. The molecule has 1 saturated heterocycles. The average molecular weight is 686 g/mol. The van der Waals surface area contributed by atoms with Crippen LogP contribution in [0.2, 0.25) is 0 Å². The zero-order valence-electron chi connectivity index (χ0n) is 27.2. The fraction of sp³-hybridized carbons (Fsp3) is 0.400. The van der Waals surface area contributed by atoms with Crippen LogP contribution in [-0.4, -0.2) is 60.4 Å². The van der Waals surface area contributed by atoms with Crippen molar-refractivity contribution < 1.29 is 40.7 Å². The molecule has 9 nitrogen and oxygen atoms in total. The Hall–Kier alpha value is -4.23. The maximum atomic E-state index is 13.8. The Labute approximate surface area is 278 Å². The van der Waals surface area contributed by atoms with Crippen LogP contribution in [0, 0.1) is 6.92 Å². The molecule has 3 aromatic rings. The van der Waals surface area contributed by atoms with Crippen LogP contribution in [0.3, 0.4) is 0 Å². The summed E-state index contributed by atoms with van der Waals surface area (Å²) in [5.41, 5.74) is -0.153. The van der Waals surface area contributed by atoms with Gasteiger partial charge in [-0.1, -0.05) is 36.4 Å². The fourth-order valence-electron chi connectivity index (χ4n) is 5.66. The van der Waals surface area contributed by atoms with Gasteiger partial charge in [-0.25, -0.2) is 17.5 Å². The number of carbonyl (C=O) groups excluding carboxylic acids is 2. The molecule has 2 heterocycles. The van der Waals surface area contributed by atoms with Crippen molar-refractivity contribution in [2.24, 2.45) is 4.99 Å². The van der Waals surface area contributed by atoms with Crippen LogP contribution in [0.15, 0.2) is 71.7 Å². The summed E-state index contributed by atoms with van der Waals surface area (Å²) in [6.07, 6.45) is -4.31. The second-order valence-corrected chi connectivity index (χ2v) is 15.2. The lowest BCUT2D eigenvalue weighted by Crippen LogP contribution is -2.50. The van der Waals surface area contributed by atoms with Gasteiger partial charge in [0.05, 0.1) is 16.9 Å². The van der Waals surface area contributed by atoms with Gasteiger partial charge >= 0.3 is 12.1 Å². The van der Waals surface area contributed by atoms with Gasteiger partial charge in [0.1, 0.15) is 29.3 Å². The van der Waals surface area contributed by atoms with Gasteiger partial charge in [0.25, 0.3) is 5.91 Å². The number of hydrogen-bond acceptors (Lipinski definition) is 7. The maximum Gasteiger partial charge on any atom is 0.416 e. The number of ether oxygens (including phenoxy) is 2. The Morgan fingerprint density at radius 2 is 1.69 bits per heavy atom. The molecule has 1 fully saturated rings.